The summed E-state index contributed by atoms with van der Waals surface area (Å²) in [6.45, 7) is 11.0. The molecule has 0 N–H and O–H groups in total. The lowest BCUT2D eigenvalue weighted by atomic mass is 9.94. The number of hydrogen-bond donors (Lipinski definition) is 0. The van der Waals surface area contributed by atoms with Crippen molar-refractivity contribution in [2.45, 2.75) is 65.7 Å². The van der Waals surface area contributed by atoms with Gasteiger partial charge in [-0.3, -0.25) is 0 Å². The van der Waals surface area contributed by atoms with Crippen LogP contribution in [0.25, 0.3) is 0 Å². The van der Waals surface area contributed by atoms with Gasteiger partial charge in [0.1, 0.15) is 0 Å². The topological polar surface area (TPSA) is 0 Å². The van der Waals surface area contributed by atoms with Crippen molar-refractivity contribution in [1.29, 1.82) is 0 Å². The molecule has 13 heavy (non-hydrogen) atoms. The molecule has 0 saturated heterocycles. The molecule has 0 rings (SSSR count). The second kappa shape index (κ2) is 8.34. The summed E-state index contributed by atoms with van der Waals surface area (Å²) in [6, 6.07) is 0. The lowest BCUT2D eigenvalue weighted by Gasteiger charge is -2.12. The van der Waals surface area contributed by atoms with Crippen LogP contribution in [0, 0.1) is 5.92 Å². The van der Waals surface area contributed by atoms with Gasteiger partial charge in [-0.25, -0.2) is 0 Å². The van der Waals surface area contributed by atoms with Crippen LogP contribution in [0.1, 0.15) is 65.7 Å². The molecule has 0 fully saturated rings. The van der Waals surface area contributed by atoms with E-state index >= 15 is 0 Å². The maximum absolute atomic E-state index is 4.11. The first-order valence-electron chi connectivity index (χ1n) is 5.87. The van der Waals surface area contributed by atoms with Crippen molar-refractivity contribution in [2.24, 2.45) is 5.92 Å². The van der Waals surface area contributed by atoms with Crippen molar-refractivity contribution in [3.05, 3.63) is 12.2 Å². The minimum atomic E-state index is 0.852. The largest absolute Gasteiger partial charge is 0.0999 e. The molecule has 0 heteroatoms. The van der Waals surface area contributed by atoms with Gasteiger partial charge in [0.25, 0.3) is 0 Å². The molecule has 0 aromatic heterocycles. The Hall–Kier alpha value is -0.260. The van der Waals surface area contributed by atoms with Crippen LogP contribution in [0.2, 0.25) is 0 Å². The number of hydrogen-bond acceptors (Lipinski definition) is 0. The summed E-state index contributed by atoms with van der Waals surface area (Å²) in [7, 11) is 0. The van der Waals surface area contributed by atoms with E-state index in [1.54, 1.807) is 0 Å². The molecular weight excluding hydrogens is 156 g/mol. The highest BCUT2D eigenvalue weighted by Crippen LogP contribution is 2.19. The molecule has 1 unspecified atom stereocenters. The quantitative estimate of drug-likeness (QED) is 0.368. The second-order valence-corrected chi connectivity index (χ2v) is 4.31. The van der Waals surface area contributed by atoms with Crippen molar-refractivity contribution in [1.82, 2.24) is 0 Å². The monoisotopic (exact) mass is 182 g/mol. The minimum Gasteiger partial charge on any atom is -0.0999 e. The fourth-order valence-electron chi connectivity index (χ4n) is 1.79. The summed E-state index contributed by atoms with van der Waals surface area (Å²) < 4.78 is 0. The minimum absolute atomic E-state index is 0.852. The summed E-state index contributed by atoms with van der Waals surface area (Å²) in [5, 5.41) is 0. The predicted molar refractivity (Wildman–Crippen MR) is 62.0 cm³/mol. The average Bonchev–Trinajstić information content (AvgIpc) is 2.05. The molecule has 1 atom stereocenters. The zero-order chi connectivity index (χ0) is 10.1. The van der Waals surface area contributed by atoms with Gasteiger partial charge in [-0.15, -0.1) is 0 Å². The van der Waals surface area contributed by atoms with E-state index in [1.165, 1.54) is 50.5 Å². The van der Waals surface area contributed by atoms with Crippen LogP contribution in [0.5, 0.6) is 0 Å². The van der Waals surface area contributed by atoms with E-state index in [0.29, 0.717) is 0 Å². The van der Waals surface area contributed by atoms with Crippen LogP contribution in [0.4, 0.5) is 0 Å². The van der Waals surface area contributed by atoms with Gasteiger partial charge in [0.05, 0.1) is 0 Å². The van der Waals surface area contributed by atoms with Crippen molar-refractivity contribution in [3.63, 3.8) is 0 Å². The molecule has 0 spiro atoms. The molecule has 0 amide bonds. The van der Waals surface area contributed by atoms with Gasteiger partial charge in [-0.1, -0.05) is 65.0 Å². The Morgan fingerprint density at radius 1 is 1.15 bits per heavy atom. The zero-order valence-corrected chi connectivity index (χ0v) is 9.73. The third-order valence-electron chi connectivity index (χ3n) is 2.54. The maximum Gasteiger partial charge on any atom is -0.0297 e. The Bertz CT molecular complexity index is 124. The Balaban J connectivity index is 3.38. The predicted octanol–water partition coefficient (Wildman–Crippen LogP) is 4.95. The molecule has 0 aromatic carbocycles. The highest BCUT2D eigenvalue weighted by Gasteiger charge is 2.03. The molecule has 0 aromatic rings. The van der Waals surface area contributed by atoms with Crippen LogP contribution < -0.4 is 0 Å². The molecule has 0 aliphatic rings. The lowest BCUT2D eigenvalue weighted by molar-refractivity contribution is 0.486. The van der Waals surface area contributed by atoms with Gasteiger partial charge in [-0.05, 0) is 18.8 Å². The Labute approximate surface area is 84.4 Å². The smallest absolute Gasteiger partial charge is 0.0297 e. The first kappa shape index (κ1) is 12.7. The van der Waals surface area contributed by atoms with E-state index in [2.05, 4.69) is 27.4 Å². The summed E-state index contributed by atoms with van der Waals surface area (Å²) >= 11 is 0. The molecular formula is C13H26. The molecule has 0 saturated carbocycles. The fourth-order valence-corrected chi connectivity index (χ4v) is 1.79. The molecule has 0 heterocycles. The van der Waals surface area contributed by atoms with Gasteiger partial charge in [0.2, 0.25) is 0 Å². The first-order chi connectivity index (χ1) is 6.20. The van der Waals surface area contributed by atoms with E-state index in [0.717, 1.165) is 5.92 Å². The van der Waals surface area contributed by atoms with Crippen molar-refractivity contribution < 1.29 is 0 Å². The van der Waals surface area contributed by atoms with E-state index in [1.807, 2.05) is 0 Å². The van der Waals surface area contributed by atoms with Gasteiger partial charge < -0.3 is 0 Å². The first-order valence-corrected chi connectivity index (χ1v) is 5.87. The standard InChI is InChI=1S/C13H26/c1-5-7-8-10-13(4)11-12(3)9-6-2/h13H,3,5-11H2,1-2,4H3. The van der Waals surface area contributed by atoms with Gasteiger partial charge in [0, 0.05) is 0 Å². The van der Waals surface area contributed by atoms with Crippen LogP contribution >= 0.6 is 0 Å². The van der Waals surface area contributed by atoms with E-state index in [-0.39, 0.29) is 0 Å². The number of unbranched alkanes of at least 4 members (excludes halogenated alkanes) is 2. The molecule has 0 radical (unpaired) electrons. The van der Waals surface area contributed by atoms with E-state index in [9.17, 15) is 0 Å². The lowest BCUT2D eigenvalue weighted by Crippen LogP contribution is -1.96. The maximum atomic E-state index is 4.11. The van der Waals surface area contributed by atoms with Gasteiger partial charge in [0.15, 0.2) is 0 Å². The number of allylic oxidation sites excluding steroid dienone is 1. The van der Waals surface area contributed by atoms with Crippen LogP contribution in [-0.2, 0) is 0 Å². The molecule has 0 bridgehead atoms. The Kier molecular flexibility index (Phi) is 8.18. The third-order valence-corrected chi connectivity index (χ3v) is 2.54. The second-order valence-electron chi connectivity index (χ2n) is 4.31. The van der Waals surface area contributed by atoms with Gasteiger partial charge in [-0.2, -0.15) is 0 Å². The van der Waals surface area contributed by atoms with Crippen molar-refractivity contribution >= 4 is 0 Å². The molecule has 0 aliphatic carbocycles. The summed E-state index contributed by atoms with van der Waals surface area (Å²) in [6.07, 6.45) is 9.23. The zero-order valence-electron chi connectivity index (χ0n) is 9.73. The Morgan fingerprint density at radius 2 is 1.85 bits per heavy atom. The molecule has 0 nitrogen and oxygen atoms in total. The average molecular weight is 182 g/mol. The Morgan fingerprint density at radius 3 is 2.38 bits per heavy atom. The van der Waals surface area contributed by atoms with E-state index in [4.69, 9.17) is 0 Å². The number of rotatable bonds is 8. The summed E-state index contributed by atoms with van der Waals surface area (Å²) in [4.78, 5) is 0. The van der Waals surface area contributed by atoms with Gasteiger partial charge >= 0.3 is 0 Å². The summed E-state index contributed by atoms with van der Waals surface area (Å²) in [5.41, 5.74) is 1.45. The fraction of sp³-hybridized carbons (Fsp3) is 0.846. The highest BCUT2D eigenvalue weighted by molar-refractivity contribution is 4.94. The normalized spacial score (nSPS) is 12.8. The third kappa shape index (κ3) is 8.08. The van der Waals surface area contributed by atoms with Crippen molar-refractivity contribution in [2.75, 3.05) is 0 Å². The van der Waals surface area contributed by atoms with E-state index < -0.39 is 0 Å². The molecule has 78 valence electrons. The van der Waals surface area contributed by atoms with Crippen molar-refractivity contribution in [3.8, 4) is 0 Å². The van der Waals surface area contributed by atoms with Crippen LogP contribution in [0.3, 0.4) is 0 Å². The van der Waals surface area contributed by atoms with Crippen LogP contribution in [-0.4, -0.2) is 0 Å². The van der Waals surface area contributed by atoms with Crippen LogP contribution in [0.15, 0.2) is 12.2 Å². The molecule has 0 aliphatic heterocycles. The SMILES string of the molecule is C=C(CCC)CC(C)CCCCC. The highest BCUT2D eigenvalue weighted by atomic mass is 14.1. The summed E-state index contributed by atoms with van der Waals surface area (Å²) in [5.74, 6) is 0.852.